The van der Waals surface area contributed by atoms with E-state index in [1.165, 1.54) is 0 Å². The highest BCUT2D eigenvalue weighted by molar-refractivity contribution is 14.1. The second-order valence-corrected chi connectivity index (χ2v) is 9.46. The van der Waals surface area contributed by atoms with Crippen molar-refractivity contribution in [1.82, 2.24) is 15.1 Å². The van der Waals surface area contributed by atoms with E-state index < -0.39 is 18.2 Å². The van der Waals surface area contributed by atoms with Crippen molar-refractivity contribution < 1.29 is 24.1 Å². The number of alkyl carbamates (subject to hydrolysis) is 1. The number of hydrogen-bond donors (Lipinski definition) is 2. The number of ether oxygens (including phenoxy) is 3. The lowest BCUT2D eigenvalue weighted by Gasteiger charge is -2.23. The van der Waals surface area contributed by atoms with Crippen LogP contribution in [-0.2, 0) is 20.8 Å². The maximum absolute atomic E-state index is 12.3. The molecule has 1 aromatic heterocycles. The number of rotatable bonds is 9. The van der Waals surface area contributed by atoms with Gasteiger partial charge in [0.15, 0.2) is 6.23 Å². The maximum atomic E-state index is 12.3. The number of nitrogens with one attached hydrogen (secondary N) is 1. The van der Waals surface area contributed by atoms with Crippen molar-refractivity contribution in [2.24, 2.45) is 0 Å². The van der Waals surface area contributed by atoms with Crippen molar-refractivity contribution in [3.05, 3.63) is 63.4 Å². The largest absolute Gasteiger partial charge is 0.445 e. The summed E-state index contributed by atoms with van der Waals surface area (Å²) in [4.78, 5) is 12.3. The van der Waals surface area contributed by atoms with Crippen molar-refractivity contribution in [2.75, 3.05) is 20.3 Å². The van der Waals surface area contributed by atoms with Gasteiger partial charge in [-0.1, -0.05) is 36.4 Å². The molecule has 1 aliphatic heterocycles. The molecule has 0 aliphatic carbocycles. The molecule has 3 aromatic rings. The molecule has 0 spiro atoms. The zero-order chi connectivity index (χ0) is 23.9. The van der Waals surface area contributed by atoms with Gasteiger partial charge in [-0.25, -0.2) is 9.48 Å². The topological polar surface area (TPSA) is 94.8 Å². The Morgan fingerprint density at radius 1 is 1.29 bits per heavy atom. The summed E-state index contributed by atoms with van der Waals surface area (Å²) in [5, 5.41) is 19.4. The number of aliphatic hydroxyl groups excluding tert-OH is 1. The molecule has 4 rings (SSSR count). The van der Waals surface area contributed by atoms with E-state index in [1.807, 2.05) is 53.2 Å². The molecule has 2 N–H and O–H groups in total. The molecule has 2 aromatic carbocycles. The van der Waals surface area contributed by atoms with Crippen molar-refractivity contribution in [1.29, 1.82) is 0 Å². The van der Waals surface area contributed by atoms with Crippen molar-refractivity contribution in [2.45, 2.75) is 50.7 Å². The van der Waals surface area contributed by atoms with E-state index in [0.29, 0.717) is 0 Å². The highest BCUT2D eigenvalue weighted by Crippen LogP contribution is 2.31. The molecule has 1 aliphatic rings. The number of methoxy groups -OCH3 is 1. The highest BCUT2D eigenvalue weighted by atomic mass is 127. The van der Waals surface area contributed by atoms with Crippen molar-refractivity contribution in [3.8, 4) is 0 Å². The van der Waals surface area contributed by atoms with E-state index in [2.05, 4.69) is 27.9 Å². The SMILES string of the molecule is COCC(CC(O)c1ccc2c(c1)c(I)nn2C1CCCCO1)NC(=O)OCc1ccccc1. The van der Waals surface area contributed by atoms with Gasteiger partial charge in [0.25, 0.3) is 0 Å². The summed E-state index contributed by atoms with van der Waals surface area (Å²) in [5.41, 5.74) is 2.65. The van der Waals surface area contributed by atoms with Gasteiger partial charge >= 0.3 is 6.09 Å². The van der Waals surface area contributed by atoms with E-state index in [4.69, 9.17) is 19.3 Å². The quantitative estimate of drug-likeness (QED) is 0.357. The Labute approximate surface area is 212 Å². The van der Waals surface area contributed by atoms with E-state index in [1.54, 1.807) is 7.11 Å². The lowest BCUT2D eigenvalue weighted by Crippen LogP contribution is -2.39. The summed E-state index contributed by atoms with van der Waals surface area (Å²) in [6.45, 7) is 1.19. The molecule has 2 heterocycles. The van der Waals surface area contributed by atoms with Gasteiger partial charge in [0.2, 0.25) is 0 Å². The minimum atomic E-state index is -0.788. The fourth-order valence-corrected chi connectivity index (χ4v) is 4.84. The average Bonchev–Trinajstić information content (AvgIpc) is 3.20. The second-order valence-electron chi connectivity index (χ2n) is 8.44. The Bertz CT molecular complexity index is 1080. The number of benzene rings is 2. The fourth-order valence-electron chi connectivity index (χ4n) is 4.17. The lowest BCUT2D eigenvalue weighted by atomic mass is 10.0. The molecule has 9 heteroatoms. The Morgan fingerprint density at radius 3 is 2.85 bits per heavy atom. The number of halogens is 1. The first-order valence-electron chi connectivity index (χ1n) is 11.5. The van der Waals surface area contributed by atoms with E-state index in [0.717, 1.165) is 51.6 Å². The van der Waals surface area contributed by atoms with Crippen LogP contribution < -0.4 is 5.32 Å². The smallest absolute Gasteiger partial charge is 0.407 e. The molecular weight excluding hydrogens is 549 g/mol. The van der Waals surface area contributed by atoms with Crippen LogP contribution in [0.4, 0.5) is 4.79 Å². The highest BCUT2D eigenvalue weighted by Gasteiger charge is 2.23. The number of aromatic nitrogens is 2. The third kappa shape index (κ3) is 6.26. The third-order valence-electron chi connectivity index (χ3n) is 5.91. The molecule has 3 atom stereocenters. The summed E-state index contributed by atoms with van der Waals surface area (Å²) in [6, 6.07) is 14.9. The minimum Gasteiger partial charge on any atom is -0.445 e. The predicted octanol–water partition coefficient (Wildman–Crippen LogP) is 4.70. The van der Waals surface area contributed by atoms with Crippen LogP contribution in [0.2, 0.25) is 0 Å². The summed E-state index contributed by atoms with van der Waals surface area (Å²) in [6.07, 6.45) is 2.06. The van der Waals surface area contributed by atoms with Crippen LogP contribution in [-0.4, -0.2) is 47.3 Å². The Morgan fingerprint density at radius 2 is 2.12 bits per heavy atom. The van der Waals surface area contributed by atoms with Gasteiger partial charge in [0.1, 0.15) is 10.3 Å². The van der Waals surface area contributed by atoms with Gasteiger partial charge in [-0.3, -0.25) is 0 Å². The van der Waals surface area contributed by atoms with Gasteiger partial charge in [-0.05, 0) is 65.1 Å². The molecule has 1 fully saturated rings. The summed E-state index contributed by atoms with van der Waals surface area (Å²) >= 11 is 2.22. The Balaban J connectivity index is 1.40. The maximum Gasteiger partial charge on any atom is 0.407 e. The summed E-state index contributed by atoms with van der Waals surface area (Å²) in [7, 11) is 1.56. The van der Waals surface area contributed by atoms with E-state index in [-0.39, 0.29) is 25.9 Å². The number of amides is 1. The Hall–Kier alpha value is -2.21. The fraction of sp³-hybridized carbons (Fsp3) is 0.440. The predicted molar refractivity (Wildman–Crippen MR) is 136 cm³/mol. The molecule has 0 radical (unpaired) electrons. The number of nitrogens with zero attached hydrogens (tertiary/aromatic N) is 2. The molecular formula is C25H30IN3O5. The normalized spacial score (nSPS) is 17.9. The first-order valence-corrected chi connectivity index (χ1v) is 12.6. The summed E-state index contributed by atoms with van der Waals surface area (Å²) < 4.78 is 19.3. The zero-order valence-corrected chi connectivity index (χ0v) is 21.3. The van der Waals surface area contributed by atoms with Crippen LogP contribution >= 0.6 is 22.6 Å². The first-order chi connectivity index (χ1) is 16.5. The van der Waals surface area contributed by atoms with Crippen LogP contribution in [0.1, 0.15) is 49.1 Å². The minimum absolute atomic E-state index is 0.0484. The van der Waals surface area contributed by atoms with Gasteiger partial charge in [0, 0.05) is 25.5 Å². The molecule has 0 saturated carbocycles. The monoisotopic (exact) mass is 579 g/mol. The van der Waals surface area contributed by atoms with Crippen molar-refractivity contribution >= 4 is 39.6 Å². The van der Waals surface area contributed by atoms with Crippen LogP contribution in [0.15, 0.2) is 48.5 Å². The number of carbonyl (C=O) groups is 1. The third-order valence-corrected chi connectivity index (χ3v) is 6.71. The first kappa shape index (κ1) is 24.9. The van der Waals surface area contributed by atoms with Gasteiger partial charge in [-0.15, -0.1) is 0 Å². The van der Waals surface area contributed by atoms with Crippen LogP contribution in [0.5, 0.6) is 0 Å². The van der Waals surface area contributed by atoms with Crippen LogP contribution in [0, 0.1) is 3.70 Å². The standard InChI is InChI=1S/C25H30IN3O5/c1-32-16-19(27-25(31)34-15-17-7-3-2-4-8-17)14-22(30)18-10-11-21-20(13-18)24(26)28-29(21)23-9-5-6-12-33-23/h2-4,7-8,10-11,13,19,22-23,30H,5-6,9,12,14-16H2,1H3,(H,27,31). The van der Waals surface area contributed by atoms with E-state index in [9.17, 15) is 9.90 Å². The molecule has 0 bridgehead atoms. The molecule has 8 nitrogen and oxygen atoms in total. The molecule has 1 amide bonds. The average molecular weight is 579 g/mol. The van der Waals surface area contributed by atoms with Crippen molar-refractivity contribution in [3.63, 3.8) is 0 Å². The van der Waals surface area contributed by atoms with Gasteiger partial charge in [-0.2, -0.15) is 5.10 Å². The number of hydrogen-bond acceptors (Lipinski definition) is 6. The summed E-state index contributed by atoms with van der Waals surface area (Å²) in [5.74, 6) is 0. The molecule has 3 unspecified atom stereocenters. The second kappa shape index (κ2) is 12.0. The van der Waals surface area contributed by atoms with Crippen LogP contribution in [0.25, 0.3) is 10.9 Å². The molecule has 1 saturated heterocycles. The van der Waals surface area contributed by atoms with E-state index >= 15 is 0 Å². The number of aliphatic hydroxyl groups is 1. The number of fused-ring (bicyclic) bond motifs is 1. The lowest BCUT2D eigenvalue weighted by molar-refractivity contribution is -0.0368. The molecule has 182 valence electrons. The van der Waals surface area contributed by atoms with Crippen LogP contribution in [0.3, 0.4) is 0 Å². The Kier molecular flexibility index (Phi) is 8.76. The number of carbonyl (C=O) groups excluding carboxylic acids is 1. The zero-order valence-electron chi connectivity index (χ0n) is 19.2. The molecule has 34 heavy (non-hydrogen) atoms. The van der Waals surface area contributed by atoms with Gasteiger partial charge < -0.3 is 24.6 Å². The van der Waals surface area contributed by atoms with Gasteiger partial charge in [0.05, 0.1) is 24.3 Å².